The summed E-state index contributed by atoms with van der Waals surface area (Å²) in [4.78, 5) is 13.5. The molecule has 4 heteroatoms. The van der Waals surface area contributed by atoms with Gasteiger partial charge < -0.3 is 0 Å². The van der Waals surface area contributed by atoms with Gasteiger partial charge in [-0.2, -0.15) is 0 Å². The van der Waals surface area contributed by atoms with Crippen LogP contribution in [0.3, 0.4) is 0 Å². The molecule has 2 nitrogen and oxygen atoms in total. The number of nitrogens with zero attached hydrogens (tertiary/aromatic N) is 2. The van der Waals surface area contributed by atoms with Crippen LogP contribution in [0.15, 0.2) is 208 Å². The molecular weight excluding hydrogens is 765 g/mol. The van der Waals surface area contributed by atoms with E-state index in [0.29, 0.717) is 5.92 Å². The van der Waals surface area contributed by atoms with Gasteiger partial charge in [0.1, 0.15) is 0 Å². The summed E-state index contributed by atoms with van der Waals surface area (Å²) in [6.45, 7) is 2.26. The van der Waals surface area contributed by atoms with Gasteiger partial charge in [0.05, 0.1) is 22.5 Å². The third-order valence-corrected chi connectivity index (χ3v) is 15.5. The van der Waals surface area contributed by atoms with E-state index in [0.717, 1.165) is 23.5 Å². The molecule has 2 aromatic heterocycles. The predicted octanol–water partition coefficient (Wildman–Crippen LogP) is 14.7. The average Bonchev–Trinajstić information content (AvgIpc) is 3.92. The van der Waals surface area contributed by atoms with Crippen molar-refractivity contribution >= 4 is 60.3 Å². The van der Waals surface area contributed by atoms with Gasteiger partial charge in [-0.25, -0.2) is 4.99 Å². The van der Waals surface area contributed by atoms with Crippen LogP contribution in [0.25, 0.3) is 53.7 Å². The van der Waals surface area contributed by atoms with E-state index < -0.39 is 5.41 Å². The highest BCUT2D eigenvalue weighted by atomic mass is 32.2. The van der Waals surface area contributed by atoms with Crippen LogP contribution in [0.4, 0.5) is 0 Å². The Hall–Kier alpha value is -6.59. The molecule has 1 saturated carbocycles. The third-order valence-electron chi connectivity index (χ3n) is 13.2. The summed E-state index contributed by atoms with van der Waals surface area (Å²) in [5.41, 5.74) is 19.5. The zero-order valence-corrected chi connectivity index (χ0v) is 34.4. The van der Waals surface area contributed by atoms with E-state index in [-0.39, 0.29) is 0 Å². The Balaban J connectivity index is 1.03. The normalized spacial score (nSPS) is 16.9. The van der Waals surface area contributed by atoms with Crippen LogP contribution < -0.4 is 0 Å². The Kier molecular flexibility index (Phi) is 7.40. The average molecular weight is 801 g/mol. The fourth-order valence-electron chi connectivity index (χ4n) is 10.6. The van der Waals surface area contributed by atoms with E-state index in [2.05, 4.69) is 183 Å². The molecular formula is C56H36N2S2. The molecule has 60 heavy (non-hydrogen) atoms. The number of aliphatic imine (C=N–C) groups is 1. The fraction of sp³-hybridized carbons (Fsp3) is 0.0714. The number of allylic oxidation sites excluding steroid dienone is 3. The first-order valence-corrected chi connectivity index (χ1v) is 22.4. The molecule has 282 valence electrons. The van der Waals surface area contributed by atoms with E-state index in [1.165, 1.54) is 102 Å². The Bertz CT molecular complexity index is 3340. The molecule has 0 amide bonds. The molecule has 1 atom stereocenters. The maximum atomic E-state index is 5.65. The van der Waals surface area contributed by atoms with Gasteiger partial charge in [0, 0.05) is 42.1 Å². The lowest BCUT2D eigenvalue weighted by atomic mass is 9.67. The van der Waals surface area contributed by atoms with E-state index >= 15 is 0 Å². The second-order valence-corrected chi connectivity index (χ2v) is 18.5. The standard InChI is InChI=1S/C56H36N2S2/c1-33-51(34-14-4-2-5-15-34)40-32-41(40)54(35-16-6-3-7-17-35)58-53(33)55-52-42-30-36(25-27-47(42)59-50(52)28-29-57-55)37-24-26-39-38-18-8-9-19-43(38)56(46(39)31-37)44-20-10-12-22-48(44)60-49-23-13-11-21-45(49)56/h2-31,41H,32H2,1H3. The van der Waals surface area contributed by atoms with Crippen molar-refractivity contribution in [3.8, 4) is 22.3 Å². The maximum Gasteiger partial charge on any atom is 0.0982 e. The lowest BCUT2D eigenvalue weighted by molar-refractivity contribution is 0.722. The van der Waals surface area contributed by atoms with Crippen molar-refractivity contribution in [2.45, 2.75) is 28.6 Å². The van der Waals surface area contributed by atoms with Gasteiger partial charge in [0.15, 0.2) is 0 Å². The van der Waals surface area contributed by atoms with Crippen LogP contribution >= 0.6 is 23.1 Å². The Morgan fingerprint density at radius 3 is 1.95 bits per heavy atom. The molecule has 13 rings (SSSR count). The number of hydrogen-bond donors (Lipinski definition) is 0. The molecule has 4 aliphatic rings. The van der Waals surface area contributed by atoms with Gasteiger partial charge in [0.2, 0.25) is 0 Å². The van der Waals surface area contributed by atoms with Crippen molar-refractivity contribution < 1.29 is 0 Å². The number of benzene rings is 7. The minimum absolute atomic E-state index is 0.302. The molecule has 7 aromatic carbocycles. The topological polar surface area (TPSA) is 25.2 Å². The number of aromatic nitrogens is 1. The summed E-state index contributed by atoms with van der Waals surface area (Å²) in [6.07, 6.45) is 3.01. The molecule has 0 saturated heterocycles. The Labute approximate surface area is 357 Å². The first-order chi connectivity index (χ1) is 29.7. The molecule has 1 unspecified atom stereocenters. The van der Waals surface area contributed by atoms with Gasteiger partial charge in [0.25, 0.3) is 0 Å². The second kappa shape index (κ2) is 13.0. The summed E-state index contributed by atoms with van der Waals surface area (Å²) in [5, 5.41) is 2.40. The van der Waals surface area contributed by atoms with E-state index in [1.54, 1.807) is 0 Å². The Morgan fingerprint density at radius 2 is 1.18 bits per heavy atom. The lowest BCUT2D eigenvalue weighted by Crippen LogP contribution is -2.31. The van der Waals surface area contributed by atoms with Crippen LogP contribution in [-0.2, 0) is 5.41 Å². The summed E-state index contributed by atoms with van der Waals surface area (Å²) in [5.74, 6) is 0.302. The summed E-state index contributed by atoms with van der Waals surface area (Å²) in [7, 11) is 0. The summed E-state index contributed by atoms with van der Waals surface area (Å²) >= 11 is 3.73. The number of thiophene rings is 1. The molecule has 2 aliphatic carbocycles. The number of rotatable bonds is 4. The van der Waals surface area contributed by atoms with Crippen molar-refractivity contribution in [3.63, 3.8) is 0 Å². The van der Waals surface area contributed by atoms with E-state index in [4.69, 9.17) is 9.98 Å². The van der Waals surface area contributed by atoms with Crippen LogP contribution in [0.2, 0.25) is 0 Å². The lowest BCUT2D eigenvalue weighted by Gasteiger charge is -2.39. The van der Waals surface area contributed by atoms with Gasteiger partial charge in [-0.1, -0.05) is 157 Å². The van der Waals surface area contributed by atoms with E-state index in [9.17, 15) is 0 Å². The SMILES string of the molecule is CC1=C(c2nccc3sc4ccc(-c5ccc6c(c5)C5(c7ccccc7Sc7ccccc75)c5ccccc5-6)cc4c23)N=C(c2ccccc2)C2CC2=C1c1ccccc1. The van der Waals surface area contributed by atoms with Crippen LogP contribution in [0, 0.1) is 5.92 Å². The van der Waals surface area contributed by atoms with Gasteiger partial charge in [-0.15, -0.1) is 11.3 Å². The predicted molar refractivity (Wildman–Crippen MR) is 251 cm³/mol. The minimum atomic E-state index is -0.416. The van der Waals surface area contributed by atoms with E-state index in [1.807, 2.05) is 29.3 Å². The first-order valence-electron chi connectivity index (χ1n) is 20.7. The highest BCUT2D eigenvalue weighted by Crippen LogP contribution is 2.62. The highest BCUT2D eigenvalue weighted by molar-refractivity contribution is 7.99. The van der Waals surface area contributed by atoms with Crippen molar-refractivity contribution in [3.05, 3.63) is 232 Å². The van der Waals surface area contributed by atoms with Crippen molar-refractivity contribution in [1.29, 1.82) is 0 Å². The summed E-state index contributed by atoms with van der Waals surface area (Å²) in [6, 6.07) is 65.2. The molecule has 2 aliphatic heterocycles. The molecule has 0 bridgehead atoms. The molecule has 1 spiro atoms. The number of hydrogen-bond acceptors (Lipinski definition) is 4. The molecule has 9 aromatic rings. The fourth-order valence-corrected chi connectivity index (χ4v) is 12.8. The van der Waals surface area contributed by atoms with Crippen LogP contribution in [-0.4, -0.2) is 10.7 Å². The zero-order valence-electron chi connectivity index (χ0n) is 32.8. The minimum Gasteiger partial charge on any atom is -0.254 e. The maximum absolute atomic E-state index is 5.65. The number of fused-ring (bicyclic) bond motifs is 13. The molecule has 0 N–H and O–H groups in total. The largest absolute Gasteiger partial charge is 0.254 e. The molecule has 1 fully saturated rings. The van der Waals surface area contributed by atoms with Crippen molar-refractivity contribution in [2.24, 2.45) is 10.9 Å². The van der Waals surface area contributed by atoms with Crippen molar-refractivity contribution in [1.82, 2.24) is 4.98 Å². The van der Waals surface area contributed by atoms with Crippen LogP contribution in [0.5, 0.6) is 0 Å². The zero-order chi connectivity index (χ0) is 39.5. The monoisotopic (exact) mass is 800 g/mol. The highest BCUT2D eigenvalue weighted by Gasteiger charge is 2.50. The van der Waals surface area contributed by atoms with Crippen LogP contribution in [0.1, 0.15) is 52.4 Å². The second-order valence-electron chi connectivity index (χ2n) is 16.4. The van der Waals surface area contributed by atoms with Crippen molar-refractivity contribution in [2.75, 3.05) is 0 Å². The van der Waals surface area contributed by atoms with Gasteiger partial charge in [-0.05, 0) is 117 Å². The quantitative estimate of drug-likeness (QED) is 0.177. The molecule has 4 heterocycles. The summed E-state index contributed by atoms with van der Waals surface area (Å²) < 4.78 is 2.48. The number of pyridine rings is 1. The smallest absolute Gasteiger partial charge is 0.0982 e. The molecule has 0 radical (unpaired) electrons. The third kappa shape index (κ3) is 4.83. The van der Waals surface area contributed by atoms with Gasteiger partial charge in [-0.3, -0.25) is 4.98 Å². The van der Waals surface area contributed by atoms with Gasteiger partial charge >= 0.3 is 0 Å². The first kappa shape index (κ1) is 34.3. The Morgan fingerprint density at radius 1 is 0.550 bits per heavy atom.